The third-order valence-electron chi connectivity index (χ3n) is 2.81. The molecule has 0 atom stereocenters. The van der Waals surface area contributed by atoms with Crippen molar-refractivity contribution in [3.63, 3.8) is 0 Å². The summed E-state index contributed by atoms with van der Waals surface area (Å²) >= 11 is 12.3. The van der Waals surface area contributed by atoms with Crippen LogP contribution in [0, 0.1) is 18.3 Å². The van der Waals surface area contributed by atoms with Crippen LogP contribution in [-0.4, -0.2) is 9.78 Å². The van der Waals surface area contributed by atoms with Crippen molar-refractivity contribution in [3.05, 3.63) is 45.2 Å². The van der Waals surface area contributed by atoms with E-state index in [1.807, 2.05) is 20.0 Å². The third-order valence-corrected chi connectivity index (χ3v) is 3.61. The van der Waals surface area contributed by atoms with Gasteiger partial charge in [-0.25, -0.2) is 0 Å². The lowest BCUT2D eigenvalue weighted by Gasteiger charge is -2.09. The monoisotopic (exact) mass is 294 g/mol. The molecule has 19 heavy (non-hydrogen) atoms. The number of anilines is 1. The van der Waals surface area contributed by atoms with Crippen LogP contribution in [0.3, 0.4) is 0 Å². The molecule has 0 aliphatic carbocycles. The number of halogens is 2. The molecule has 4 nitrogen and oxygen atoms in total. The topological polar surface area (TPSA) is 53.6 Å². The Morgan fingerprint density at radius 1 is 1.42 bits per heavy atom. The van der Waals surface area contributed by atoms with Gasteiger partial charge in [0.15, 0.2) is 0 Å². The number of aromatic nitrogens is 2. The number of hydrogen-bond acceptors (Lipinski definition) is 3. The summed E-state index contributed by atoms with van der Waals surface area (Å²) in [6, 6.07) is 7.16. The van der Waals surface area contributed by atoms with Crippen LogP contribution in [0.15, 0.2) is 18.2 Å². The summed E-state index contributed by atoms with van der Waals surface area (Å²) in [7, 11) is 1.84. The highest BCUT2D eigenvalue weighted by Gasteiger charge is 2.11. The second-order valence-electron chi connectivity index (χ2n) is 4.13. The molecule has 1 heterocycles. The van der Waals surface area contributed by atoms with Gasteiger partial charge in [-0.05, 0) is 25.1 Å². The van der Waals surface area contributed by atoms with E-state index in [0.717, 1.165) is 17.1 Å². The molecule has 1 N–H and O–H groups in total. The molecule has 1 aromatic heterocycles. The minimum absolute atomic E-state index is 0.508. The molecular weight excluding hydrogens is 283 g/mol. The van der Waals surface area contributed by atoms with Crippen molar-refractivity contribution in [2.75, 3.05) is 5.32 Å². The molecule has 2 rings (SSSR count). The Balaban J connectivity index is 2.17. The van der Waals surface area contributed by atoms with Crippen LogP contribution in [0.4, 0.5) is 5.69 Å². The maximum absolute atomic E-state index is 8.78. The lowest BCUT2D eigenvalue weighted by molar-refractivity contribution is 0.713. The molecule has 0 fully saturated rings. The van der Waals surface area contributed by atoms with E-state index in [1.165, 1.54) is 0 Å². The molecule has 6 heteroatoms. The molecule has 2 aromatic rings. The van der Waals surface area contributed by atoms with Gasteiger partial charge in [0.2, 0.25) is 0 Å². The van der Waals surface area contributed by atoms with E-state index in [1.54, 1.807) is 22.9 Å². The average molecular weight is 295 g/mol. The van der Waals surface area contributed by atoms with Gasteiger partial charge in [-0.1, -0.05) is 23.2 Å². The Hall–Kier alpha value is -1.70. The predicted octanol–water partition coefficient (Wildman–Crippen LogP) is 3.52. The van der Waals surface area contributed by atoms with Crippen LogP contribution in [0.5, 0.6) is 0 Å². The van der Waals surface area contributed by atoms with E-state index in [4.69, 9.17) is 28.5 Å². The Morgan fingerprint density at radius 3 is 2.68 bits per heavy atom. The summed E-state index contributed by atoms with van der Waals surface area (Å²) in [4.78, 5) is 0. The Kier molecular flexibility index (Phi) is 3.98. The summed E-state index contributed by atoms with van der Waals surface area (Å²) in [5, 5.41) is 17.4. The smallest absolute Gasteiger partial charge is 0.0992 e. The van der Waals surface area contributed by atoms with E-state index in [9.17, 15) is 0 Å². The maximum Gasteiger partial charge on any atom is 0.0992 e. The standard InChI is InChI=1S/C13H12Cl2N4/c1-8-13(15)12(19(2)18-8)7-17-11-4-3-9(6-16)5-10(11)14/h3-5,17H,7H2,1-2H3. The number of benzene rings is 1. The largest absolute Gasteiger partial charge is 0.378 e. The molecule has 0 unspecified atom stereocenters. The summed E-state index contributed by atoms with van der Waals surface area (Å²) in [5.41, 5.74) is 2.98. The Labute approximate surface area is 121 Å². The molecular formula is C13H12Cl2N4. The highest BCUT2D eigenvalue weighted by molar-refractivity contribution is 6.33. The molecule has 0 radical (unpaired) electrons. The van der Waals surface area contributed by atoms with Gasteiger partial charge in [-0.3, -0.25) is 4.68 Å². The van der Waals surface area contributed by atoms with Gasteiger partial charge < -0.3 is 5.32 Å². The van der Waals surface area contributed by atoms with Gasteiger partial charge in [-0.2, -0.15) is 10.4 Å². The second-order valence-corrected chi connectivity index (χ2v) is 4.91. The molecule has 0 aliphatic heterocycles. The molecule has 1 aromatic carbocycles. The lowest BCUT2D eigenvalue weighted by Crippen LogP contribution is -2.06. The fourth-order valence-corrected chi connectivity index (χ4v) is 2.25. The normalized spacial score (nSPS) is 10.3. The van der Waals surface area contributed by atoms with E-state index < -0.39 is 0 Å². The summed E-state index contributed by atoms with van der Waals surface area (Å²) < 4.78 is 1.74. The van der Waals surface area contributed by atoms with Crippen molar-refractivity contribution < 1.29 is 0 Å². The van der Waals surface area contributed by atoms with Crippen LogP contribution in [-0.2, 0) is 13.6 Å². The predicted molar refractivity (Wildman–Crippen MR) is 76.4 cm³/mol. The van der Waals surface area contributed by atoms with Crippen molar-refractivity contribution in [2.24, 2.45) is 7.05 Å². The van der Waals surface area contributed by atoms with Gasteiger partial charge in [0.25, 0.3) is 0 Å². The molecule has 0 amide bonds. The van der Waals surface area contributed by atoms with E-state index >= 15 is 0 Å². The number of nitriles is 1. The van der Waals surface area contributed by atoms with Crippen molar-refractivity contribution in [1.82, 2.24) is 9.78 Å². The minimum Gasteiger partial charge on any atom is -0.378 e. The van der Waals surface area contributed by atoms with Crippen LogP contribution < -0.4 is 5.32 Å². The molecule has 0 spiro atoms. The fourth-order valence-electron chi connectivity index (χ4n) is 1.78. The molecule has 0 saturated heterocycles. The number of nitrogens with one attached hydrogen (secondary N) is 1. The van der Waals surface area contributed by atoms with E-state index in [0.29, 0.717) is 22.2 Å². The second kappa shape index (κ2) is 5.52. The first-order valence-corrected chi connectivity index (χ1v) is 6.40. The van der Waals surface area contributed by atoms with E-state index in [-0.39, 0.29) is 0 Å². The first kappa shape index (κ1) is 13.7. The van der Waals surface area contributed by atoms with Gasteiger partial charge in [-0.15, -0.1) is 0 Å². The zero-order chi connectivity index (χ0) is 14.0. The summed E-state index contributed by atoms with van der Waals surface area (Å²) in [5.74, 6) is 0. The first-order chi connectivity index (χ1) is 9.02. The lowest BCUT2D eigenvalue weighted by atomic mass is 10.2. The minimum atomic E-state index is 0.508. The zero-order valence-electron chi connectivity index (χ0n) is 10.5. The molecule has 0 aliphatic rings. The number of hydrogen-bond donors (Lipinski definition) is 1. The number of aryl methyl sites for hydroxylation is 2. The third kappa shape index (κ3) is 2.83. The first-order valence-electron chi connectivity index (χ1n) is 5.64. The summed E-state index contributed by atoms with van der Waals surface area (Å²) in [6.07, 6.45) is 0. The van der Waals surface area contributed by atoms with Crippen LogP contribution in [0.1, 0.15) is 17.0 Å². The number of rotatable bonds is 3. The van der Waals surface area contributed by atoms with Crippen molar-refractivity contribution in [3.8, 4) is 6.07 Å². The quantitative estimate of drug-likeness (QED) is 0.942. The van der Waals surface area contributed by atoms with Gasteiger partial charge in [0, 0.05) is 7.05 Å². The average Bonchev–Trinajstić information content (AvgIpc) is 2.62. The van der Waals surface area contributed by atoms with Crippen molar-refractivity contribution in [1.29, 1.82) is 5.26 Å². The van der Waals surface area contributed by atoms with Crippen molar-refractivity contribution in [2.45, 2.75) is 13.5 Å². The SMILES string of the molecule is Cc1nn(C)c(CNc2ccc(C#N)cc2Cl)c1Cl. The maximum atomic E-state index is 8.78. The summed E-state index contributed by atoms with van der Waals surface area (Å²) in [6.45, 7) is 2.38. The fraction of sp³-hybridized carbons (Fsp3) is 0.231. The Bertz CT molecular complexity index is 655. The molecule has 0 bridgehead atoms. The van der Waals surface area contributed by atoms with Crippen molar-refractivity contribution >= 4 is 28.9 Å². The van der Waals surface area contributed by atoms with Crippen LogP contribution >= 0.6 is 23.2 Å². The van der Waals surface area contributed by atoms with Gasteiger partial charge in [0.1, 0.15) is 0 Å². The van der Waals surface area contributed by atoms with Crippen LogP contribution in [0.25, 0.3) is 0 Å². The highest BCUT2D eigenvalue weighted by atomic mass is 35.5. The molecule has 0 saturated carbocycles. The van der Waals surface area contributed by atoms with Gasteiger partial charge in [0.05, 0.1) is 45.3 Å². The molecule has 98 valence electrons. The van der Waals surface area contributed by atoms with Gasteiger partial charge >= 0.3 is 0 Å². The van der Waals surface area contributed by atoms with Crippen LogP contribution in [0.2, 0.25) is 10.0 Å². The zero-order valence-corrected chi connectivity index (χ0v) is 12.0. The number of nitrogens with zero attached hydrogens (tertiary/aromatic N) is 3. The highest BCUT2D eigenvalue weighted by Crippen LogP contribution is 2.25. The Morgan fingerprint density at radius 2 is 2.16 bits per heavy atom. The van der Waals surface area contributed by atoms with E-state index in [2.05, 4.69) is 10.4 Å².